The third-order valence-electron chi connectivity index (χ3n) is 3.44. The third kappa shape index (κ3) is 4.71. The van der Waals surface area contributed by atoms with E-state index >= 15 is 0 Å². The predicted octanol–water partition coefficient (Wildman–Crippen LogP) is 3.05. The van der Waals surface area contributed by atoms with Crippen molar-refractivity contribution in [3.05, 3.63) is 35.4 Å². The van der Waals surface area contributed by atoms with Crippen LogP contribution in [0.4, 0.5) is 13.2 Å². The lowest BCUT2D eigenvalue weighted by Gasteiger charge is -2.22. The largest absolute Gasteiger partial charge is 0.416 e. The summed E-state index contributed by atoms with van der Waals surface area (Å²) in [6.45, 7) is 0.980. The summed E-state index contributed by atoms with van der Waals surface area (Å²) in [4.78, 5) is 0. The zero-order valence-corrected chi connectivity index (χ0v) is 12.2. The maximum absolute atomic E-state index is 12.9. The van der Waals surface area contributed by atoms with E-state index in [-0.39, 0.29) is 17.2 Å². The molecule has 7 heteroatoms. The summed E-state index contributed by atoms with van der Waals surface area (Å²) >= 11 is 0. The van der Waals surface area contributed by atoms with Gasteiger partial charge in [-0.05, 0) is 30.4 Å². The maximum Gasteiger partial charge on any atom is 0.416 e. The molecule has 1 atom stereocenters. The Morgan fingerprint density at radius 1 is 1.24 bits per heavy atom. The summed E-state index contributed by atoms with van der Waals surface area (Å²) in [5, 5.41) is 0. The molecule has 1 aliphatic heterocycles. The molecule has 0 saturated carbocycles. The minimum absolute atomic E-state index is 0.123. The fourth-order valence-electron chi connectivity index (χ4n) is 2.52. The molecule has 1 fully saturated rings. The molecular weight excluding hydrogens is 305 g/mol. The molecule has 0 radical (unpaired) electrons. The van der Waals surface area contributed by atoms with Gasteiger partial charge in [0, 0.05) is 6.61 Å². The first-order valence-electron chi connectivity index (χ1n) is 6.71. The number of hydrogen-bond donors (Lipinski definition) is 0. The standard InChI is InChI=1S/C14H17F3O3S/c15-14(16,17)13-6-2-1-5-12(13)10-21(18,19)9-11-4-3-7-20-8-11/h1-2,5-6,11H,3-4,7-10H2. The Hall–Kier alpha value is -1.08. The summed E-state index contributed by atoms with van der Waals surface area (Å²) in [7, 11) is -3.60. The van der Waals surface area contributed by atoms with Crippen molar-refractivity contribution >= 4 is 9.84 Å². The molecule has 2 rings (SSSR count). The summed E-state index contributed by atoms with van der Waals surface area (Å²) in [5.74, 6) is -0.833. The van der Waals surface area contributed by atoms with E-state index in [2.05, 4.69) is 0 Å². The second kappa shape index (κ2) is 6.36. The fraction of sp³-hybridized carbons (Fsp3) is 0.571. The Labute approximate surface area is 122 Å². The van der Waals surface area contributed by atoms with Gasteiger partial charge in [0.15, 0.2) is 9.84 Å². The van der Waals surface area contributed by atoms with Crippen molar-refractivity contribution in [3.8, 4) is 0 Å². The van der Waals surface area contributed by atoms with Crippen molar-refractivity contribution in [3.63, 3.8) is 0 Å². The maximum atomic E-state index is 12.9. The van der Waals surface area contributed by atoms with Gasteiger partial charge in [-0.25, -0.2) is 8.42 Å². The molecule has 21 heavy (non-hydrogen) atoms. The van der Waals surface area contributed by atoms with Crippen LogP contribution in [0.3, 0.4) is 0 Å². The molecular formula is C14H17F3O3S. The topological polar surface area (TPSA) is 43.4 Å². The lowest BCUT2D eigenvalue weighted by molar-refractivity contribution is -0.138. The van der Waals surface area contributed by atoms with E-state index in [0.717, 1.165) is 18.9 Å². The van der Waals surface area contributed by atoms with Gasteiger partial charge in [0.25, 0.3) is 0 Å². The number of halogens is 3. The van der Waals surface area contributed by atoms with E-state index < -0.39 is 27.3 Å². The molecule has 1 heterocycles. The Bertz CT molecular complexity index is 575. The molecule has 0 spiro atoms. The predicted molar refractivity (Wildman–Crippen MR) is 72.5 cm³/mol. The summed E-state index contributed by atoms with van der Waals surface area (Å²) < 4.78 is 68.1. The van der Waals surface area contributed by atoms with Gasteiger partial charge in [-0.3, -0.25) is 0 Å². The molecule has 1 aromatic rings. The van der Waals surface area contributed by atoms with Crippen molar-refractivity contribution in [1.29, 1.82) is 0 Å². The highest BCUT2D eigenvalue weighted by Gasteiger charge is 2.34. The molecule has 0 amide bonds. The van der Waals surface area contributed by atoms with Gasteiger partial charge in [0.2, 0.25) is 0 Å². The van der Waals surface area contributed by atoms with Crippen LogP contribution in [0.2, 0.25) is 0 Å². The van der Waals surface area contributed by atoms with Crippen LogP contribution in [0.5, 0.6) is 0 Å². The van der Waals surface area contributed by atoms with Crippen LogP contribution >= 0.6 is 0 Å². The smallest absolute Gasteiger partial charge is 0.381 e. The number of ether oxygens (including phenoxy) is 1. The normalized spacial score (nSPS) is 20.4. The van der Waals surface area contributed by atoms with E-state index in [1.807, 2.05) is 0 Å². The van der Waals surface area contributed by atoms with Crippen molar-refractivity contribution in [2.75, 3.05) is 19.0 Å². The van der Waals surface area contributed by atoms with Crippen LogP contribution in [0.25, 0.3) is 0 Å². The number of alkyl halides is 3. The molecule has 1 aromatic carbocycles. The van der Waals surface area contributed by atoms with E-state index in [9.17, 15) is 21.6 Å². The van der Waals surface area contributed by atoms with Crippen LogP contribution in [0.15, 0.2) is 24.3 Å². The number of hydrogen-bond acceptors (Lipinski definition) is 3. The minimum atomic E-state index is -4.54. The Morgan fingerprint density at radius 3 is 2.57 bits per heavy atom. The average Bonchev–Trinajstić information content (AvgIpc) is 2.38. The van der Waals surface area contributed by atoms with Crippen LogP contribution in [-0.4, -0.2) is 27.4 Å². The first-order valence-corrected chi connectivity index (χ1v) is 8.53. The zero-order valence-electron chi connectivity index (χ0n) is 11.4. The van der Waals surface area contributed by atoms with E-state index in [4.69, 9.17) is 4.74 Å². The highest BCUT2D eigenvalue weighted by molar-refractivity contribution is 7.90. The molecule has 0 aromatic heterocycles. The van der Waals surface area contributed by atoms with Crippen molar-refractivity contribution < 1.29 is 26.3 Å². The first-order chi connectivity index (χ1) is 9.78. The molecule has 1 unspecified atom stereocenters. The number of rotatable bonds is 4. The second-order valence-corrected chi connectivity index (χ2v) is 7.40. The monoisotopic (exact) mass is 322 g/mol. The molecule has 0 N–H and O–H groups in total. The Morgan fingerprint density at radius 2 is 1.95 bits per heavy atom. The molecule has 1 saturated heterocycles. The van der Waals surface area contributed by atoms with Crippen molar-refractivity contribution in [2.24, 2.45) is 5.92 Å². The minimum Gasteiger partial charge on any atom is -0.381 e. The van der Waals surface area contributed by atoms with Crippen molar-refractivity contribution in [1.82, 2.24) is 0 Å². The first kappa shape index (κ1) is 16.3. The summed E-state index contributed by atoms with van der Waals surface area (Å²) in [6.07, 6.45) is -3.01. The number of benzene rings is 1. The quantitative estimate of drug-likeness (QED) is 0.856. The van der Waals surface area contributed by atoms with Gasteiger partial charge >= 0.3 is 6.18 Å². The summed E-state index contributed by atoms with van der Waals surface area (Å²) in [5.41, 5.74) is -1.07. The van der Waals surface area contributed by atoms with Gasteiger partial charge < -0.3 is 4.74 Å². The Kier molecular flexibility index (Phi) is 4.93. The average molecular weight is 322 g/mol. The van der Waals surface area contributed by atoms with Gasteiger partial charge in [0.05, 0.1) is 23.7 Å². The van der Waals surface area contributed by atoms with E-state index in [1.165, 1.54) is 18.2 Å². The van der Waals surface area contributed by atoms with Crippen LogP contribution in [0.1, 0.15) is 24.0 Å². The third-order valence-corrected chi connectivity index (χ3v) is 5.17. The summed E-state index contributed by atoms with van der Waals surface area (Å²) in [6, 6.07) is 4.81. The van der Waals surface area contributed by atoms with Gasteiger partial charge in [-0.2, -0.15) is 13.2 Å². The molecule has 0 bridgehead atoms. The van der Waals surface area contributed by atoms with Crippen LogP contribution in [-0.2, 0) is 26.5 Å². The van der Waals surface area contributed by atoms with Gasteiger partial charge in [-0.15, -0.1) is 0 Å². The highest BCUT2D eigenvalue weighted by atomic mass is 32.2. The lowest BCUT2D eigenvalue weighted by atomic mass is 10.1. The molecule has 118 valence electrons. The fourth-order valence-corrected chi connectivity index (χ4v) is 4.34. The second-order valence-electron chi connectivity index (χ2n) is 5.29. The van der Waals surface area contributed by atoms with E-state index in [1.54, 1.807) is 0 Å². The SMILES string of the molecule is O=S(=O)(Cc1ccccc1C(F)(F)F)CC1CCCOC1. The lowest BCUT2D eigenvalue weighted by Crippen LogP contribution is -2.26. The molecule has 1 aliphatic rings. The van der Waals surface area contributed by atoms with Crippen molar-refractivity contribution in [2.45, 2.75) is 24.8 Å². The Balaban J connectivity index is 2.13. The van der Waals surface area contributed by atoms with Crippen LogP contribution < -0.4 is 0 Å². The molecule has 0 aliphatic carbocycles. The van der Waals surface area contributed by atoms with E-state index in [0.29, 0.717) is 13.2 Å². The zero-order chi connectivity index (χ0) is 15.5. The van der Waals surface area contributed by atoms with Gasteiger partial charge in [0.1, 0.15) is 0 Å². The van der Waals surface area contributed by atoms with Gasteiger partial charge in [-0.1, -0.05) is 18.2 Å². The molecule has 3 nitrogen and oxygen atoms in total. The number of sulfone groups is 1. The highest BCUT2D eigenvalue weighted by Crippen LogP contribution is 2.33. The van der Waals surface area contributed by atoms with Crippen LogP contribution in [0, 0.1) is 5.92 Å².